The molecule has 1 aliphatic heterocycles. The summed E-state index contributed by atoms with van der Waals surface area (Å²) in [5.74, 6) is -0.668. The van der Waals surface area contributed by atoms with Crippen LogP contribution in [0.2, 0.25) is 0 Å². The van der Waals surface area contributed by atoms with Crippen molar-refractivity contribution in [2.75, 3.05) is 6.54 Å². The zero-order valence-corrected chi connectivity index (χ0v) is 10.9. The highest BCUT2D eigenvalue weighted by atomic mass is 79.9. The van der Waals surface area contributed by atoms with E-state index in [0.717, 1.165) is 0 Å². The second-order valence-electron chi connectivity index (χ2n) is 3.90. The minimum atomic E-state index is -0.575. The Bertz CT molecular complexity index is 475. The van der Waals surface area contributed by atoms with E-state index in [-0.39, 0.29) is 30.8 Å². The molecule has 96 valence electrons. The van der Waals surface area contributed by atoms with Crippen LogP contribution >= 0.6 is 15.9 Å². The average molecular weight is 316 g/mol. The zero-order chi connectivity index (χ0) is 13.1. The van der Waals surface area contributed by atoms with E-state index in [1.807, 2.05) is 0 Å². The van der Waals surface area contributed by atoms with Crippen molar-refractivity contribution in [1.82, 2.24) is 16.0 Å². The second-order valence-corrected chi connectivity index (χ2v) is 4.82. The van der Waals surface area contributed by atoms with Crippen LogP contribution < -0.4 is 16.0 Å². The quantitative estimate of drug-likeness (QED) is 0.775. The van der Waals surface area contributed by atoms with E-state index in [9.17, 15) is 14.0 Å². The molecule has 7 heteroatoms. The van der Waals surface area contributed by atoms with E-state index in [2.05, 4.69) is 31.9 Å². The molecule has 0 aromatic heterocycles. The van der Waals surface area contributed by atoms with Crippen molar-refractivity contribution >= 4 is 27.9 Å². The number of halogens is 2. The summed E-state index contributed by atoms with van der Waals surface area (Å²) in [6, 6.07) is 3.47. The molecule has 3 N–H and O–H groups in total. The van der Waals surface area contributed by atoms with Gasteiger partial charge in [-0.05, 0) is 23.8 Å². The maximum Gasteiger partial charge on any atom is 0.315 e. The summed E-state index contributed by atoms with van der Waals surface area (Å²) in [7, 11) is 0. The van der Waals surface area contributed by atoms with E-state index in [1.54, 1.807) is 6.07 Å². The molecule has 5 nitrogen and oxygen atoms in total. The molecule has 1 aromatic rings. The molecule has 0 aliphatic carbocycles. The Kier molecular flexibility index (Phi) is 3.81. The molecular weight excluding hydrogens is 305 g/mol. The summed E-state index contributed by atoms with van der Waals surface area (Å²) in [6.45, 7) is 0.471. The Hall–Kier alpha value is -1.63. The first-order chi connectivity index (χ1) is 8.54. The lowest BCUT2D eigenvalue weighted by Crippen LogP contribution is -2.42. The van der Waals surface area contributed by atoms with Crippen molar-refractivity contribution in [3.05, 3.63) is 34.1 Å². The minimum absolute atomic E-state index is 0.210. The minimum Gasteiger partial charge on any atom is -0.350 e. The highest BCUT2D eigenvalue weighted by Crippen LogP contribution is 2.14. The van der Waals surface area contributed by atoms with E-state index < -0.39 is 6.04 Å². The molecular formula is C11H11BrFN3O2. The third-order valence-electron chi connectivity index (χ3n) is 2.48. The molecule has 18 heavy (non-hydrogen) atoms. The normalized spacial score (nSPS) is 18.1. The van der Waals surface area contributed by atoms with Gasteiger partial charge in [0.25, 0.3) is 0 Å². The van der Waals surface area contributed by atoms with Crippen LogP contribution in [-0.4, -0.2) is 24.5 Å². The van der Waals surface area contributed by atoms with Gasteiger partial charge in [-0.25, -0.2) is 9.18 Å². The first-order valence-corrected chi connectivity index (χ1v) is 6.11. The van der Waals surface area contributed by atoms with Crippen molar-refractivity contribution in [2.24, 2.45) is 0 Å². The molecule has 3 amide bonds. The average Bonchev–Trinajstić information content (AvgIpc) is 2.71. The van der Waals surface area contributed by atoms with Gasteiger partial charge in [-0.15, -0.1) is 0 Å². The van der Waals surface area contributed by atoms with Gasteiger partial charge in [0.2, 0.25) is 5.91 Å². The zero-order valence-electron chi connectivity index (χ0n) is 9.30. The molecule has 0 bridgehead atoms. The standard InChI is InChI=1S/C11H11BrFN3O2/c12-7-1-6(2-8(13)3-7)4-14-10(17)9-5-15-11(18)16-9/h1-3,9H,4-5H2,(H,14,17)(H2,15,16,18). The maximum absolute atomic E-state index is 13.1. The highest BCUT2D eigenvalue weighted by molar-refractivity contribution is 9.10. The summed E-state index contributed by atoms with van der Waals surface area (Å²) >= 11 is 3.17. The predicted octanol–water partition coefficient (Wildman–Crippen LogP) is 0.886. The van der Waals surface area contributed by atoms with Crippen LogP contribution in [0.1, 0.15) is 5.56 Å². The molecule has 1 aromatic carbocycles. The molecule has 1 atom stereocenters. The van der Waals surface area contributed by atoms with Crippen LogP contribution in [0.15, 0.2) is 22.7 Å². The van der Waals surface area contributed by atoms with Gasteiger partial charge in [0.15, 0.2) is 0 Å². The number of nitrogens with one attached hydrogen (secondary N) is 3. The van der Waals surface area contributed by atoms with Gasteiger partial charge < -0.3 is 16.0 Å². The van der Waals surface area contributed by atoms with Gasteiger partial charge in [-0.3, -0.25) is 4.79 Å². The number of hydrogen-bond acceptors (Lipinski definition) is 2. The predicted molar refractivity (Wildman–Crippen MR) is 66.3 cm³/mol. The van der Waals surface area contributed by atoms with Crippen molar-refractivity contribution in [3.63, 3.8) is 0 Å². The van der Waals surface area contributed by atoms with Crippen molar-refractivity contribution < 1.29 is 14.0 Å². The third-order valence-corrected chi connectivity index (χ3v) is 2.94. The van der Waals surface area contributed by atoms with E-state index in [1.165, 1.54) is 12.1 Å². The second kappa shape index (κ2) is 5.34. The third kappa shape index (κ3) is 3.19. The highest BCUT2D eigenvalue weighted by Gasteiger charge is 2.26. The van der Waals surface area contributed by atoms with Crippen molar-refractivity contribution in [2.45, 2.75) is 12.6 Å². The number of benzene rings is 1. The number of urea groups is 1. The van der Waals surface area contributed by atoms with Gasteiger partial charge >= 0.3 is 6.03 Å². The Balaban J connectivity index is 1.91. The summed E-state index contributed by atoms with van der Waals surface area (Å²) in [4.78, 5) is 22.5. The van der Waals surface area contributed by atoms with Crippen molar-refractivity contribution in [1.29, 1.82) is 0 Å². The molecule has 0 spiro atoms. The fourth-order valence-corrected chi connectivity index (χ4v) is 2.15. The smallest absolute Gasteiger partial charge is 0.315 e. The lowest BCUT2D eigenvalue weighted by Gasteiger charge is -2.10. The van der Waals surface area contributed by atoms with Crippen molar-refractivity contribution in [3.8, 4) is 0 Å². The molecule has 2 rings (SSSR count). The van der Waals surface area contributed by atoms with Gasteiger partial charge in [-0.1, -0.05) is 15.9 Å². The van der Waals surface area contributed by atoms with E-state index >= 15 is 0 Å². The summed E-state index contributed by atoms with van der Waals surface area (Å²) < 4.78 is 13.7. The summed E-state index contributed by atoms with van der Waals surface area (Å²) in [5, 5.41) is 7.59. The molecule has 1 aliphatic rings. The fraction of sp³-hybridized carbons (Fsp3) is 0.273. The van der Waals surface area contributed by atoms with Crippen LogP contribution in [0.3, 0.4) is 0 Å². The number of hydrogen-bond donors (Lipinski definition) is 3. The number of amides is 3. The van der Waals surface area contributed by atoms with Gasteiger partial charge in [0, 0.05) is 17.6 Å². The lowest BCUT2D eigenvalue weighted by atomic mass is 10.2. The Morgan fingerprint density at radius 2 is 2.28 bits per heavy atom. The maximum atomic E-state index is 13.1. The van der Waals surface area contributed by atoms with Crippen LogP contribution in [0.25, 0.3) is 0 Å². The SMILES string of the molecule is O=C1NCC(C(=O)NCc2cc(F)cc(Br)c2)N1. The van der Waals surface area contributed by atoms with Crippen LogP contribution in [-0.2, 0) is 11.3 Å². The molecule has 1 saturated heterocycles. The molecule has 0 saturated carbocycles. The molecule has 1 fully saturated rings. The molecule has 1 heterocycles. The Morgan fingerprint density at radius 1 is 1.50 bits per heavy atom. The lowest BCUT2D eigenvalue weighted by molar-refractivity contribution is -0.122. The van der Waals surface area contributed by atoms with Crippen LogP contribution in [0.4, 0.5) is 9.18 Å². The largest absolute Gasteiger partial charge is 0.350 e. The number of rotatable bonds is 3. The van der Waals surface area contributed by atoms with Gasteiger partial charge in [0.1, 0.15) is 11.9 Å². The number of carbonyl (C=O) groups is 2. The Morgan fingerprint density at radius 3 is 2.89 bits per heavy atom. The van der Waals surface area contributed by atoms with Crippen LogP contribution in [0, 0.1) is 5.82 Å². The van der Waals surface area contributed by atoms with Gasteiger partial charge in [-0.2, -0.15) is 0 Å². The molecule has 1 unspecified atom stereocenters. The first kappa shape index (κ1) is 12.8. The monoisotopic (exact) mass is 315 g/mol. The Labute approximate surface area is 111 Å². The van der Waals surface area contributed by atoms with Gasteiger partial charge in [0.05, 0.1) is 0 Å². The summed E-state index contributed by atoms with van der Waals surface area (Å²) in [5.41, 5.74) is 0.646. The fourth-order valence-electron chi connectivity index (χ4n) is 1.64. The summed E-state index contributed by atoms with van der Waals surface area (Å²) in [6.07, 6.45) is 0. The van der Waals surface area contributed by atoms with E-state index in [0.29, 0.717) is 10.0 Å². The van der Waals surface area contributed by atoms with Crippen LogP contribution in [0.5, 0.6) is 0 Å². The molecule has 0 radical (unpaired) electrons. The number of carbonyl (C=O) groups excluding carboxylic acids is 2. The van der Waals surface area contributed by atoms with E-state index in [4.69, 9.17) is 0 Å². The topological polar surface area (TPSA) is 70.2 Å². The first-order valence-electron chi connectivity index (χ1n) is 5.31.